The van der Waals surface area contributed by atoms with Crippen LogP contribution in [0.1, 0.15) is 22.8 Å². The molecule has 146 valence electrons. The molecule has 0 spiro atoms. The largest absolute Gasteiger partial charge is 0.366 e. The quantitative estimate of drug-likeness (QED) is 0.618. The van der Waals surface area contributed by atoms with Crippen LogP contribution in [-0.2, 0) is 15.1 Å². The number of benzene rings is 1. The van der Waals surface area contributed by atoms with Gasteiger partial charge in [-0.15, -0.1) is 11.3 Å². The third-order valence-electron chi connectivity index (χ3n) is 4.23. The summed E-state index contributed by atoms with van der Waals surface area (Å²) in [5.74, 6) is -1.99. The Labute approximate surface area is 173 Å². The average molecular weight is 441 g/mol. The van der Waals surface area contributed by atoms with Gasteiger partial charge in [-0.25, -0.2) is 4.79 Å². The van der Waals surface area contributed by atoms with E-state index in [-0.39, 0.29) is 15.6 Å². The molecule has 1 aliphatic rings. The summed E-state index contributed by atoms with van der Waals surface area (Å²) in [6.07, 6.45) is 0. The summed E-state index contributed by atoms with van der Waals surface area (Å²) in [5, 5.41) is 7.47. The molecule has 3 rings (SSSR count). The van der Waals surface area contributed by atoms with E-state index >= 15 is 0 Å². The van der Waals surface area contributed by atoms with Gasteiger partial charge in [0.25, 0.3) is 11.8 Å². The summed E-state index contributed by atoms with van der Waals surface area (Å²) >= 11 is 13.2. The number of nitrogens with two attached hydrogens (primary N) is 1. The predicted molar refractivity (Wildman–Crippen MR) is 106 cm³/mol. The maximum absolute atomic E-state index is 12.9. The van der Waals surface area contributed by atoms with Crippen molar-refractivity contribution < 1.29 is 19.2 Å². The first kappa shape index (κ1) is 20.1. The van der Waals surface area contributed by atoms with Crippen molar-refractivity contribution in [3.63, 3.8) is 0 Å². The molecule has 0 aliphatic carbocycles. The number of halogens is 2. The third kappa shape index (κ3) is 3.56. The van der Waals surface area contributed by atoms with Crippen molar-refractivity contribution in [3.05, 3.63) is 50.8 Å². The molecular formula is C17H14Cl2N4O4S. The molecule has 1 aromatic heterocycles. The van der Waals surface area contributed by atoms with Gasteiger partial charge in [0, 0.05) is 15.6 Å². The van der Waals surface area contributed by atoms with Gasteiger partial charge in [0.15, 0.2) is 0 Å². The van der Waals surface area contributed by atoms with Crippen molar-refractivity contribution >= 4 is 63.3 Å². The van der Waals surface area contributed by atoms with Crippen molar-refractivity contribution in [2.24, 2.45) is 5.73 Å². The molecule has 1 unspecified atom stereocenters. The highest BCUT2D eigenvalue weighted by Gasteiger charge is 2.50. The zero-order chi connectivity index (χ0) is 20.6. The molecule has 0 saturated carbocycles. The zero-order valence-electron chi connectivity index (χ0n) is 14.4. The Hall–Kier alpha value is -2.62. The van der Waals surface area contributed by atoms with Crippen LogP contribution >= 0.6 is 34.5 Å². The lowest BCUT2D eigenvalue weighted by Gasteiger charge is -2.23. The van der Waals surface area contributed by atoms with Crippen molar-refractivity contribution in [2.45, 2.75) is 12.5 Å². The molecule has 1 fully saturated rings. The van der Waals surface area contributed by atoms with Gasteiger partial charge >= 0.3 is 6.03 Å². The van der Waals surface area contributed by atoms with Gasteiger partial charge < -0.3 is 16.4 Å². The van der Waals surface area contributed by atoms with Crippen LogP contribution in [0.2, 0.25) is 10.0 Å². The minimum absolute atomic E-state index is 0.147. The number of carbonyl (C=O) groups is 4. The zero-order valence-corrected chi connectivity index (χ0v) is 16.7. The number of nitrogens with zero attached hydrogens (tertiary/aromatic N) is 1. The lowest BCUT2D eigenvalue weighted by Crippen LogP contribution is -2.42. The van der Waals surface area contributed by atoms with Gasteiger partial charge in [0.05, 0.1) is 5.56 Å². The summed E-state index contributed by atoms with van der Waals surface area (Å²) in [4.78, 5) is 49.7. The number of imide groups is 1. The Morgan fingerprint density at radius 2 is 2.00 bits per heavy atom. The average Bonchev–Trinajstić information content (AvgIpc) is 3.14. The number of nitrogens with one attached hydrogen (secondary N) is 2. The minimum atomic E-state index is -1.44. The molecule has 5 amide bonds. The van der Waals surface area contributed by atoms with Crippen LogP contribution in [0.4, 0.5) is 9.80 Å². The number of thiophene rings is 1. The highest BCUT2D eigenvalue weighted by molar-refractivity contribution is 7.14. The lowest BCUT2D eigenvalue weighted by atomic mass is 9.92. The first-order chi connectivity index (χ1) is 13.1. The predicted octanol–water partition coefficient (Wildman–Crippen LogP) is 2.56. The van der Waals surface area contributed by atoms with Crippen molar-refractivity contribution in [1.82, 2.24) is 10.2 Å². The molecule has 0 bridgehead atoms. The number of amides is 5. The Balaban J connectivity index is 1.79. The maximum atomic E-state index is 12.9. The molecule has 8 nitrogen and oxygen atoms in total. The molecule has 2 aromatic rings. The number of hydrogen-bond acceptors (Lipinski definition) is 5. The van der Waals surface area contributed by atoms with Crippen molar-refractivity contribution in [3.8, 4) is 0 Å². The first-order valence-corrected chi connectivity index (χ1v) is 9.54. The van der Waals surface area contributed by atoms with Gasteiger partial charge in [-0.3, -0.25) is 19.3 Å². The molecule has 1 saturated heterocycles. The number of carbonyl (C=O) groups excluding carboxylic acids is 4. The van der Waals surface area contributed by atoms with E-state index in [0.717, 1.165) is 16.2 Å². The summed E-state index contributed by atoms with van der Waals surface area (Å²) in [5.41, 5.74) is 4.29. The second kappa shape index (κ2) is 7.42. The van der Waals surface area contributed by atoms with E-state index in [4.69, 9.17) is 28.9 Å². The van der Waals surface area contributed by atoms with E-state index in [0.29, 0.717) is 10.6 Å². The standard InChI is InChI=1S/C17H14Cl2N4O4S/c1-17(10-3-2-8(18)6-11(10)19)15(26)23(16(27)22-17)7-12(24)21-14-9(13(20)25)4-5-28-14/h2-6H,7H2,1H3,(H2,20,25)(H,21,24)(H,22,27). The molecule has 28 heavy (non-hydrogen) atoms. The highest BCUT2D eigenvalue weighted by atomic mass is 35.5. The second-order valence-corrected chi connectivity index (χ2v) is 7.91. The third-order valence-corrected chi connectivity index (χ3v) is 5.61. The van der Waals surface area contributed by atoms with Crippen LogP contribution in [0.15, 0.2) is 29.6 Å². The summed E-state index contributed by atoms with van der Waals surface area (Å²) in [6.45, 7) is 0.951. The molecule has 11 heteroatoms. The van der Waals surface area contributed by atoms with Gasteiger partial charge in [-0.1, -0.05) is 29.3 Å². The Kier molecular flexibility index (Phi) is 5.33. The Morgan fingerprint density at radius 1 is 1.29 bits per heavy atom. The fourth-order valence-corrected chi connectivity index (χ4v) is 4.23. The van der Waals surface area contributed by atoms with E-state index in [2.05, 4.69) is 10.6 Å². The summed E-state index contributed by atoms with van der Waals surface area (Å²) in [6, 6.07) is 5.27. The normalized spacial score (nSPS) is 18.9. The molecule has 1 aromatic carbocycles. The van der Waals surface area contributed by atoms with Gasteiger partial charge in [-0.05, 0) is 30.5 Å². The van der Waals surface area contributed by atoms with E-state index in [1.54, 1.807) is 11.4 Å². The number of primary amides is 1. The Bertz CT molecular complexity index is 1010. The van der Waals surface area contributed by atoms with Gasteiger partial charge in [0.2, 0.25) is 5.91 Å². The van der Waals surface area contributed by atoms with Crippen LogP contribution in [-0.4, -0.2) is 35.2 Å². The molecule has 0 radical (unpaired) electrons. The fraction of sp³-hybridized carbons (Fsp3) is 0.176. The number of anilines is 1. The van der Waals surface area contributed by atoms with E-state index in [9.17, 15) is 19.2 Å². The van der Waals surface area contributed by atoms with Crippen LogP contribution in [0, 0.1) is 0 Å². The van der Waals surface area contributed by atoms with Gasteiger partial charge in [-0.2, -0.15) is 0 Å². The molecular weight excluding hydrogens is 427 g/mol. The number of hydrogen-bond donors (Lipinski definition) is 3. The fourth-order valence-electron chi connectivity index (χ4n) is 2.83. The van der Waals surface area contributed by atoms with Crippen LogP contribution in [0.3, 0.4) is 0 Å². The summed E-state index contributed by atoms with van der Waals surface area (Å²) in [7, 11) is 0. The number of urea groups is 1. The monoisotopic (exact) mass is 440 g/mol. The highest BCUT2D eigenvalue weighted by Crippen LogP contribution is 2.35. The smallest absolute Gasteiger partial charge is 0.325 e. The van der Waals surface area contributed by atoms with Crippen LogP contribution < -0.4 is 16.4 Å². The topological polar surface area (TPSA) is 122 Å². The lowest BCUT2D eigenvalue weighted by molar-refractivity contribution is -0.133. The second-order valence-electron chi connectivity index (χ2n) is 6.15. The van der Waals surface area contributed by atoms with E-state index in [1.165, 1.54) is 25.1 Å². The first-order valence-electron chi connectivity index (χ1n) is 7.90. The van der Waals surface area contributed by atoms with E-state index in [1.807, 2.05) is 0 Å². The minimum Gasteiger partial charge on any atom is -0.366 e. The summed E-state index contributed by atoms with van der Waals surface area (Å²) < 4.78 is 0. The van der Waals surface area contributed by atoms with Crippen molar-refractivity contribution in [1.29, 1.82) is 0 Å². The molecule has 2 heterocycles. The van der Waals surface area contributed by atoms with E-state index < -0.39 is 35.8 Å². The number of rotatable bonds is 5. The van der Waals surface area contributed by atoms with Crippen molar-refractivity contribution in [2.75, 3.05) is 11.9 Å². The molecule has 1 aliphatic heterocycles. The van der Waals surface area contributed by atoms with Gasteiger partial charge in [0.1, 0.15) is 17.1 Å². The van der Waals surface area contributed by atoms with Crippen LogP contribution in [0.25, 0.3) is 0 Å². The molecule has 1 atom stereocenters. The Morgan fingerprint density at radius 3 is 2.64 bits per heavy atom. The maximum Gasteiger partial charge on any atom is 0.325 e. The van der Waals surface area contributed by atoms with Crippen LogP contribution in [0.5, 0.6) is 0 Å². The SMILES string of the molecule is CC1(c2ccc(Cl)cc2Cl)NC(=O)N(CC(=O)Nc2sccc2C(N)=O)C1=O. The molecule has 4 N–H and O–H groups in total.